The molecule has 9 heteroatoms. The number of hydrogen-bond donors (Lipinski definition) is 0. The summed E-state index contributed by atoms with van der Waals surface area (Å²) in [7, 11) is -5.51. The SMILES string of the molecule is O=C(OCCC(C(F)(F)F)S(=O)(=O)[O-])C1CC2CCC1C2. The van der Waals surface area contributed by atoms with Gasteiger partial charge in [0.15, 0.2) is 0 Å². The zero-order valence-corrected chi connectivity index (χ0v) is 12.0. The van der Waals surface area contributed by atoms with Gasteiger partial charge in [-0.25, -0.2) is 8.42 Å². The lowest BCUT2D eigenvalue weighted by Crippen LogP contribution is -2.38. The Kier molecular flexibility index (Phi) is 4.53. The summed E-state index contributed by atoms with van der Waals surface area (Å²) in [5, 5.41) is -3.03. The van der Waals surface area contributed by atoms with Crippen LogP contribution in [0, 0.1) is 17.8 Å². The summed E-state index contributed by atoms with van der Waals surface area (Å²) in [6.45, 7) is -0.710. The first kappa shape index (κ1) is 16.5. The standard InChI is InChI=1S/C12H17F3O5S/c13-12(14,15)10(21(17,18)19)3-4-20-11(16)9-6-7-1-2-8(9)5-7/h7-10H,1-6H2,(H,17,18,19)/p-1. The molecule has 0 aromatic carbocycles. The molecule has 4 unspecified atom stereocenters. The van der Waals surface area contributed by atoms with Crippen LogP contribution >= 0.6 is 0 Å². The number of carbonyl (C=O) groups is 1. The summed E-state index contributed by atoms with van der Waals surface area (Å²) in [5.41, 5.74) is 0. The van der Waals surface area contributed by atoms with Gasteiger partial charge in [-0.15, -0.1) is 0 Å². The fraction of sp³-hybridized carbons (Fsp3) is 0.917. The summed E-state index contributed by atoms with van der Waals surface area (Å²) in [5.74, 6) is -0.162. The number of esters is 1. The molecule has 4 atom stereocenters. The van der Waals surface area contributed by atoms with E-state index in [0.29, 0.717) is 12.3 Å². The van der Waals surface area contributed by atoms with Gasteiger partial charge in [0.2, 0.25) is 0 Å². The summed E-state index contributed by atoms with van der Waals surface area (Å²) in [6.07, 6.45) is -2.59. The molecular formula is C12H16F3O5S-. The van der Waals surface area contributed by atoms with Crippen molar-refractivity contribution in [2.24, 2.45) is 17.8 Å². The Morgan fingerprint density at radius 1 is 1.29 bits per heavy atom. The molecule has 5 nitrogen and oxygen atoms in total. The molecule has 21 heavy (non-hydrogen) atoms. The van der Waals surface area contributed by atoms with E-state index in [4.69, 9.17) is 4.74 Å². The van der Waals surface area contributed by atoms with Crippen LogP contribution in [0.15, 0.2) is 0 Å². The number of alkyl halides is 3. The number of ether oxygens (including phenoxy) is 1. The monoisotopic (exact) mass is 329 g/mol. The van der Waals surface area contributed by atoms with Crippen LogP contribution in [0.2, 0.25) is 0 Å². The highest BCUT2D eigenvalue weighted by Gasteiger charge is 2.46. The maximum absolute atomic E-state index is 12.4. The predicted octanol–water partition coefficient (Wildman–Crippen LogP) is 1.83. The number of carbonyl (C=O) groups excluding carboxylic acids is 1. The Morgan fingerprint density at radius 3 is 2.38 bits per heavy atom. The van der Waals surface area contributed by atoms with E-state index < -0.39 is 40.5 Å². The average Bonchev–Trinajstić information content (AvgIpc) is 2.92. The third kappa shape index (κ3) is 3.88. The van der Waals surface area contributed by atoms with E-state index in [2.05, 4.69) is 0 Å². The van der Waals surface area contributed by atoms with Gasteiger partial charge in [0, 0.05) is 6.42 Å². The molecule has 2 rings (SSSR count). The maximum Gasteiger partial charge on any atom is 0.404 e. The zero-order valence-electron chi connectivity index (χ0n) is 11.1. The van der Waals surface area contributed by atoms with Crippen molar-refractivity contribution in [1.29, 1.82) is 0 Å². The summed E-state index contributed by atoms with van der Waals surface area (Å²) < 4.78 is 73.9. The normalized spacial score (nSPS) is 30.4. The highest BCUT2D eigenvalue weighted by molar-refractivity contribution is 7.86. The highest BCUT2D eigenvalue weighted by atomic mass is 32.2. The van der Waals surface area contributed by atoms with Crippen LogP contribution in [0.4, 0.5) is 13.2 Å². The first-order valence-corrected chi connectivity index (χ1v) is 8.24. The summed E-state index contributed by atoms with van der Waals surface area (Å²) in [4.78, 5) is 11.8. The van der Waals surface area contributed by atoms with Gasteiger partial charge in [0.05, 0.1) is 12.5 Å². The molecule has 0 saturated heterocycles. The molecular weight excluding hydrogens is 313 g/mol. The molecule has 0 N–H and O–H groups in total. The van der Waals surface area contributed by atoms with Crippen LogP contribution < -0.4 is 0 Å². The zero-order chi connectivity index (χ0) is 15.8. The van der Waals surface area contributed by atoms with Crippen LogP contribution in [0.25, 0.3) is 0 Å². The van der Waals surface area contributed by atoms with Gasteiger partial charge in [-0.2, -0.15) is 13.2 Å². The maximum atomic E-state index is 12.4. The van der Waals surface area contributed by atoms with Gasteiger partial charge in [-0.1, -0.05) is 6.42 Å². The molecule has 2 aliphatic carbocycles. The van der Waals surface area contributed by atoms with Crippen molar-refractivity contribution in [3.8, 4) is 0 Å². The van der Waals surface area contributed by atoms with Crippen molar-refractivity contribution in [2.75, 3.05) is 6.61 Å². The number of halogens is 3. The van der Waals surface area contributed by atoms with Gasteiger partial charge in [-0.05, 0) is 31.1 Å². The lowest BCUT2D eigenvalue weighted by Gasteiger charge is -2.24. The second-order valence-corrected chi connectivity index (χ2v) is 7.32. The van der Waals surface area contributed by atoms with E-state index in [1.54, 1.807) is 0 Å². The van der Waals surface area contributed by atoms with Crippen molar-refractivity contribution in [3.05, 3.63) is 0 Å². The van der Waals surface area contributed by atoms with Crippen molar-refractivity contribution in [1.82, 2.24) is 0 Å². The first-order chi connectivity index (χ1) is 9.59. The van der Waals surface area contributed by atoms with Gasteiger partial charge >= 0.3 is 12.1 Å². The van der Waals surface area contributed by atoms with E-state index in [1.165, 1.54) is 0 Å². The Labute approximate surface area is 120 Å². The molecule has 2 saturated carbocycles. The Balaban J connectivity index is 1.84. The molecule has 0 amide bonds. The highest BCUT2D eigenvalue weighted by Crippen LogP contribution is 2.48. The van der Waals surface area contributed by atoms with Crippen LogP contribution in [-0.2, 0) is 19.6 Å². The molecule has 0 aromatic heterocycles. The second-order valence-electron chi connectivity index (χ2n) is 5.76. The van der Waals surface area contributed by atoms with E-state index in [-0.39, 0.29) is 11.8 Å². The minimum Gasteiger partial charge on any atom is -0.747 e. The summed E-state index contributed by atoms with van der Waals surface area (Å²) >= 11 is 0. The average molecular weight is 329 g/mol. The molecule has 2 bridgehead atoms. The van der Waals surface area contributed by atoms with E-state index >= 15 is 0 Å². The molecule has 0 aliphatic heterocycles. The van der Waals surface area contributed by atoms with E-state index in [0.717, 1.165) is 19.3 Å². The van der Waals surface area contributed by atoms with Gasteiger partial charge in [0.25, 0.3) is 0 Å². The topological polar surface area (TPSA) is 83.5 Å². The molecule has 2 aliphatic rings. The minimum absolute atomic E-state index is 0.226. The Bertz CT molecular complexity index is 502. The molecule has 0 aromatic rings. The molecule has 0 spiro atoms. The number of fused-ring (bicyclic) bond motifs is 2. The lowest BCUT2D eigenvalue weighted by molar-refractivity contribution is -0.154. The smallest absolute Gasteiger partial charge is 0.404 e. The van der Waals surface area contributed by atoms with Gasteiger partial charge in [0.1, 0.15) is 15.4 Å². The molecule has 0 heterocycles. The Morgan fingerprint density at radius 2 is 1.95 bits per heavy atom. The second kappa shape index (κ2) is 5.75. The quantitative estimate of drug-likeness (QED) is 0.567. The molecule has 0 radical (unpaired) electrons. The van der Waals surface area contributed by atoms with Crippen LogP contribution in [0.5, 0.6) is 0 Å². The molecule has 2 fully saturated rings. The fourth-order valence-electron chi connectivity index (χ4n) is 3.38. The largest absolute Gasteiger partial charge is 0.747 e. The molecule has 122 valence electrons. The third-order valence-corrected chi connectivity index (χ3v) is 5.58. The van der Waals surface area contributed by atoms with Crippen molar-refractivity contribution >= 4 is 16.1 Å². The minimum atomic E-state index is -5.51. The van der Waals surface area contributed by atoms with Crippen molar-refractivity contribution in [3.63, 3.8) is 0 Å². The third-order valence-electron chi connectivity index (χ3n) is 4.38. The van der Waals surface area contributed by atoms with E-state index in [1.807, 2.05) is 0 Å². The fourth-order valence-corrected chi connectivity index (χ4v) is 4.09. The number of rotatable bonds is 5. The van der Waals surface area contributed by atoms with Crippen LogP contribution in [0.1, 0.15) is 32.1 Å². The number of hydrogen-bond acceptors (Lipinski definition) is 5. The van der Waals surface area contributed by atoms with E-state index in [9.17, 15) is 30.9 Å². The van der Waals surface area contributed by atoms with Crippen molar-refractivity contribution in [2.45, 2.75) is 43.5 Å². The van der Waals surface area contributed by atoms with Crippen molar-refractivity contribution < 1.29 is 35.7 Å². The van der Waals surface area contributed by atoms with Crippen LogP contribution in [0.3, 0.4) is 0 Å². The van der Waals surface area contributed by atoms with Crippen LogP contribution in [-0.4, -0.2) is 37.0 Å². The summed E-state index contributed by atoms with van der Waals surface area (Å²) in [6, 6.07) is 0. The van der Waals surface area contributed by atoms with Gasteiger partial charge in [-0.3, -0.25) is 4.79 Å². The first-order valence-electron chi connectivity index (χ1n) is 6.77. The van der Waals surface area contributed by atoms with Gasteiger partial charge < -0.3 is 9.29 Å². The predicted molar refractivity (Wildman–Crippen MR) is 64.1 cm³/mol. The Hall–Kier alpha value is -0.830. The lowest BCUT2D eigenvalue weighted by atomic mass is 9.89.